The standard InChI is InChI=1S/C24H27N3O5S/c1-15-7-6-8-16(2)21(15)27-33(30,31)20-13-19(14-25-23(20)32-5)26-22(28)17-9-11-18(12-10-17)24(3,4)29/h6-14,27,29H,1-5H3,(H,26,28). The molecular weight excluding hydrogens is 442 g/mol. The van der Waals surface area contributed by atoms with E-state index in [1.165, 1.54) is 19.4 Å². The summed E-state index contributed by atoms with van der Waals surface area (Å²) in [5.74, 6) is -0.545. The van der Waals surface area contributed by atoms with Gasteiger partial charge in [0, 0.05) is 5.56 Å². The van der Waals surface area contributed by atoms with Crippen molar-refractivity contribution in [2.75, 3.05) is 17.1 Å². The molecule has 0 bridgehead atoms. The third-order valence-corrected chi connectivity index (χ3v) is 6.47. The van der Waals surface area contributed by atoms with Gasteiger partial charge in [-0.05, 0) is 62.6 Å². The van der Waals surface area contributed by atoms with Crippen LogP contribution >= 0.6 is 0 Å². The Morgan fingerprint density at radius 3 is 2.21 bits per heavy atom. The maximum atomic E-state index is 13.2. The molecule has 0 aliphatic carbocycles. The van der Waals surface area contributed by atoms with Gasteiger partial charge in [0.1, 0.15) is 0 Å². The number of carbonyl (C=O) groups excluding carboxylic acids is 1. The fourth-order valence-corrected chi connectivity index (χ4v) is 4.59. The number of benzene rings is 2. The van der Waals surface area contributed by atoms with Gasteiger partial charge in [-0.3, -0.25) is 9.52 Å². The highest BCUT2D eigenvalue weighted by atomic mass is 32.2. The molecule has 0 radical (unpaired) electrons. The minimum atomic E-state index is -4.06. The van der Waals surface area contributed by atoms with Gasteiger partial charge >= 0.3 is 0 Å². The molecule has 0 aliphatic rings. The number of rotatable bonds is 7. The number of methoxy groups -OCH3 is 1. The van der Waals surface area contributed by atoms with Crippen molar-refractivity contribution >= 4 is 27.3 Å². The third kappa shape index (κ3) is 5.50. The largest absolute Gasteiger partial charge is 0.480 e. The summed E-state index contributed by atoms with van der Waals surface area (Å²) < 4.78 is 34.1. The Morgan fingerprint density at radius 2 is 1.67 bits per heavy atom. The predicted molar refractivity (Wildman–Crippen MR) is 127 cm³/mol. The molecule has 2 aromatic carbocycles. The van der Waals surface area contributed by atoms with Gasteiger partial charge < -0.3 is 15.2 Å². The van der Waals surface area contributed by atoms with Gasteiger partial charge in [0.15, 0.2) is 4.90 Å². The number of aliphatic hydroxyl groups is 1. The summed E-state index contributed by atoms with van der Waals surface area (Å²) in [6, 6.07) is 13.2. The van der Waals surface area contributed by atoms with Crippen molar-refractivity contribution < 1.29 is 23.1 Å². The Hall–Kier alpha value is -3.43. The Bertz CT molecular complexity index is 1260. The summed E-state index contributed by atoms with van der Waals surface area (Å²) in [6.07, 6.45) is 1.32. The molecular formula is C24H27N3O5S. The van der Waals surface area contributed by atoms with Crippen molar-refractivity contribution in [2.45, 2.75) is 38.2 Å². The van der Waals surface area contributed by atoms with Crippen molar-refractivity contribution in [3.63, 3.8) is 0 Å². The van der Waals surface area contributed by atoms with Crippen LogP contribution in [0.1, 0.15) is 40.9 Å². The number of ether oxygens (including phenoxy) is 1. The highest BCUT2D eigenvalue weighted by molar-refractivity contribution is 7.92. The third-order valence-electron chi connectivity index (χ3n) is 5.13. The lowest BCUT2D eigenvalue weighted by molar-refractivity contribution is 0.0785. The number of hydrogen-bond donors (Lipinski definition) is 3. The second kappa shape index (κ2) is 9.21. The number of anilines is 2. The van der Waals surface area contributed by atoms with Gasteiger partial charge in [0.2, 0.25) is 5.88 Å². The van der Waals surface area contributed by atoms with E-state index in [-0.39, 0.29) is 16.5 Å². The van der Waals surface area contributed by atoms with Crippen LogP contribution in [0.15, 0.2) is 59.6 Å². The quantitative estimate of drug-likeness (QED) is 0.482. The Kier molecular flexibility index (Phi) is 6.76. The fraction of sp³-hybridized carbons (Fsp3) is 0.250. The number of aryl methyl sites for hydroxylation is 2. The summed E-state index contributed by atoms with van der Waals surface area (Å²) in [5.41, 5.74) is 2.18. The van der Waals surface area contributed by atoms with E-state index >= 15 is 0 Å². The second-order valence-electron chi connectivity index (χ2n) is 8.19. The topological polar surface area (TPSA) is 118 Å². The summed E-state index contributed by atoms with van der Waals surface area (Å²) in [6.45, 7) is 6.92. The zero-order chi connectivity index (χ0) is 24.4. The zero-order valence-corrected chi connectivity index (χ0v) is 19.9. The number of nitrogens with one attached hydrogen (secondary N) is 2. The van der Waals surface area contributed by atoms with Crippen LogP contribution in [-0.2, 0) is 15.6 Å². The Balaban J connectivity index is 1.90. The molecule has 3 rings (SSSR count). The van der Waals surface area contributed by atoms with Gasteiger partial charge in [-0.1, -0.05) is 30.3 Å². The van der Waals surface area contributed by atoms with Crippen molar-refractivity contribution in [1.29, 1.82) is 0 Å². The molecule has 3 N–H and O–H groups in total. The number of aromatic nitrogens is 1. The molecule has 1 heterocycles. The van der Waals surface area contributed by atoms with Crippen LogP contribution in [0, 0.1) is 13.8 Å². The number of carbonyl (C=O) groups is 1. The molecule has 9 heteroatoms. The molecule has 0 aliphatic heterocycles. The highest BCUT2D eigenvalue weighted by Crippen LogP contribution is 2.29. The SMILES string of the molecule is COc1ncc(NC(=O)c2ccc(C(C)(C)O)cc2)cc1S(=O)(=O)Nc1c(C)cccc1C. The van der Waals surface area contributed by atoms with Gasteiger partial charge in [-0.15, -0.1) is 0 Å². The van der Waals surface area contributed by atoms with E-state index in [4.69, 9.17) is 4.74 Å². The van der Waals surface area contributed by atoms with Crippen LogP contribution in [0.25, 0.3) is 0 Å². The molecule has 0 fully saturated rings. The molecule has 3 aromatic rings. The maximum absolute atomic E-state index is 13.2. The number of sulfonamides is 1. The Morgan fingerprint density at radius 1 is 1.06 bits per heavy atom. The van der Waals surface area contributed by atoms with Crippen molar-refractivity contribution in [3.05, 3.63) is 77.0 Å². The first-order valence-electron chi connectivity index (χ1n) is 10.2. The molecule has 8 nitrogen and oxygen atoms in total. The number of pyridine rings is 1. The van der Waals surface area contributed by atoms with Crippen LogP contribution in [0.5, 0.6) is 5.88 Å². The van der Waals surface area contributed by atoms with Gasteiger partial charge in [-0.2, -0.15) is 0 Å². The fourth-order valence-electron chi connectivity index (χ4n) is 3.24. The minimum Gasteiger partial charge on any atom is -0.480 e. The van der Waals surface area contributed by atoms with E-state index in [1.54, 1.807) is 64.1 Å². The molecule has 0 atom stereocenters. The number of amides is 1. The molecule has 0 saturated heterocycles. The zero-order valence-electron chi connectivity index (χ0n) is 19.1. The average molecular weight is 470 g/mol. The molecule has 0 saturated carbocycles. The number of nitrogens with zero attached hydrogens (tertiary/aromatic N) is 1. The maximum Gasteiger partial charge on any atom is 0.267 e. The van der Waals surface area contributed by atoms with Gasteiger partial charge in [-0.25, -0.2) is 13.4 Å². The smallest absolute Gasteiger partial charge is 0.267 e. The van der Waals surface area contributed by atoms with Crippen LogP contribution in [0.3, 0.4) is 0 Å². The Labute approximate surface area is 193 Å². The van der Waals surface area contributed by atoms with Crippen LogP contribution < -0.4 is 14.8 Å². The minimum absolute atomic E-state index is 0.0960. The first-order valence-corrected chi connectivity index (χ1v) is 11.7. The first-order chi connectivity index (χ1) is 15.4. The molecule has 1 aromatic heterocycles. The van der Waals surface area contributed by atoms with Gasteiger partial charge in [0.25, 0.3) is 15.9 Å². The van der Waals surface area contributed by atoms with Crippen LogP contribution in [0.2, 0.25) is 0 Å². The van der Waals surface area contributed by atoms with E-state index in [0.29, 0.717) is 16.8 Å². The predicted octanol–water partition coefficient (Wildman–Crippen LogP) is 3.99. The molecule has 174 valence electrons. The van der Waals surface area contributed by atoms with Crippen LogP contribution in [0.4, 0.5) is 11.4 Å². The number of para-hydroxylation sites is 1. The lowest BCUT2D eigenvalue weighted by Crippen LogP contribution is -2.18. The summed E-state index contributed by atoms with van der Waals surface area (Å²) in [7, 11) is -2.74. The van der Waals surface area contributed by atoms with Crippen molar-refractivity contribution in [3.8, 4) is 5.88 Å². The van der Waals surface area contributed by atoms with Crippen LogP contribution in [-0.4, -0.2) is 31.5 Å². The van der Waals surface area contributed by atoms with E-state index in [9.17, 15) is 18.3 Å². The second-order valence-corrected chi connectivity index (χ2v) is 9.85. The molecule has 0 spiro atoms. The first kappa shape index (κ1) is 24.2. The van der Waals surface area contributed by atoms with Crippen molar-refractivity contribution in [2.24, 2.45) is 0 Å². The normalized spacial score (nSPS) is 11.7. The molecule has 1 amide bonds. The van der Waals surface area contributed by atoms with Crippen molar-refractivity contribution in [1.82, 2.24) is 4.98 Å². The van der Waals surface area contributed by atoms with E-state index in [2.05, 4.69) is 15.0 Å². The summed E-state index contributed by atoms with van der Waals surface area (Å²) in [5, 5.41) is 12.7. The van der Waals surface area contributed by atoms with E-state index in [1.807, 2.05) is 6.07 Å². The van der Waals surface area contributed by atoms with Gasteiger partial charge in [0.05, 0.1) is 30.3 Å². The van der Waals surface area contributed by atoms with E-state index < -0.39 is 21.5 Å². The molecule has 33 heavy (non-hydrogen) atoms. The number of hydrogen-bond acceptors (Lipinski definition) is 6. The molecule has 0 unspecified atom stereocenters. The summed E-state index contributed by atoms with van der Waals surface area (Å²) >= 11 is 0. The lowest BCUT2D eigenvalue weighted by atomic mass is 9.97. The lowest BCUT2D eigenvalue weighted by Gasteiger charge is -2.18. The average Bonchev–Trinajstić information content (AvgIpc) is 2.76. The highest BCUT2D eigenvalue weighted by Gasteiger charge is 2.24. The monoisotopic (exact) mass is 469 g/mol. The van der Waals surface area contributed by atoms with E-state index in [0.717, 1.165) is 11.1 Å². The summed E-state index contributed by atoms with van der Waals surface area (Å²) in [4.78, 5) is 16.5.